The fourth-order valence-corrected chi connectivity index (χ4v) is 5.36. The van der Waals surface area contributed by atoms with Gasteiger partial charge in [-0.3, -0.25) is 14.5 Å². The van der Waals surface area contributed by atoms with E-state index < -0.39 is 17.7 Å². The molecule has 3 aliphatic heterocycles. The van der Waals surface area contributed by atoms with Crippen molar-refractivity contribution in [2.75, 3.05) is 46.0 Å². The van der Waals surface area contributed by atoms with Gasteiger partial charge in [-0.2, -0.15) is 0 Å². The lowest BCUT2D eigenvalue weighted by molar-refractivity contribution is -0.140. The number of nitrogens with zero attached hydrogens (tertiary/aromatic N) is 2. The van der Waals surface area contributed by atoms with Crippen LogP contribution in [0.15, 0.2) is 48.0 Å². The van der Waals surface area contributed by atoms with Gasteiger partial charge in [0.25, 0.3) is 11.7 Å². The number of hydrogen-bond acceptors (Lipinski definition) is 7. The molecule has 8 nitrogen and oxygen atoms in total. The Balaban J connectivity index is 1.51. The lowest BCUT2D eigenvalue weighted by atomic mass is 9.94. The van der Waals surface area contributed by atoms with Gasteiger partial charge in [-0.1, -0.05) is 25.5 Å². The Kier molecular flexibility index (Phi) is 8.00. The molecule has 2 aromatic carbocycles. The molecule has 5 rings (SSSR count). The van der Waals surface area contributed by atoms with Gasteiger partial charge in [0.1, 0.15) is 23.4 Å². The number of fused-ring (bicyclic) bond motifs is 1. The van der Waals surface area contributed by atoms with Crippen molar-refractivity contribution in [2.24, 2.45) is 0 Å². The number of ether oxygens (including phenoxy) is 3. The van der Waals surface area contributed by atoms with E-state index in [0.717, 1.165) is 49.2 Å². The molecule has 0 saturated carbocycles. The molecule has 3 heterocycles. The zero-order chi connectivity index (χ0) is 26.6. The maximum Gasteiger partial charge on any atom is 0.295 e. The topological polar surface area (TPSA) is 88.5 Å². The Morgan fingerprint density at radius 1 is 1.11 bits per heavy atom. The largest absolute Gasteiger partial charge is 0.507 e. The Labute approximate surface area is 223 Å². The molecule has 2 atom stereocenters. The summed E-state index contributed by atoms with van der Waals surface area (Å²) in [6.07, 6.45) is 2.74. The van der Waals surface area contributed by atoms with E-state index in [9.17, 15) is 14.7 Å². The average molecular weight is 521 g/mol. The first kappa shape index (κ1) is 26.3. The number of aliphatic hydroxyl groups is 1. The zero-order valence-corrected chi connectivity index (χ0v) is 22.2. The number of hydrogen-bond donors (Lipinski definition) is 1. The lowest BCUT2D eigenvalue weighted by Gasteiger charge is -2.31. The summed E-state index contributed by atoms with van der Waals surface area (Å²) in [5, 5.41) is 11.5. The van der Waals surface area contributed by atoms with Crippen molar-refractivity contribution in [1.29, 1.82) is 0 Å². The summed E-state index contributed by atoms with van der Waals surface area (Å²) in [5.74, 6) is 0.0332. The summed E-state index contributed by atoms with van der Waals surface area (Å²) >= 11 is 0. The van der Waals surface area contributed by atoms with Crippen molar-refractivity contribution in [3.05, 3.63) is 64.7 Å². The van der Waals surface area contributed by atoms with Gasteiger partial charge in [-0.15, -0.1) is 0 Å². The molecule has 1 N–H and O–H groups in total. The predicted molar refractivity (Wildman–Crippen MR) is 143 cm³/mol. The Morgan fingerprint density at radius 3 is 2.71 bits per heavy atom. The summed E-state index contributed by atoms with van der Waals surface area (Å²) in [6, 6.07) is 12.2. The number of amides is 1. The number of morpholine rings is 1. The Hall–Kier alpha value is -3.36. The maximum absolute atomic E-state index is 13.4. The SMILES string of the molecule is CCCCOc1cccc([C@H]2C(=C(O)c3ccc4c(c3)C[C@@H](C)O4)C(=O)C(=O)N2CCN2CCOCC2)c1. The van der Waals surface area contributed by atoms with E-state index in [4.69, 9.17) is 14.2 Å². The Morgan fingerprint density at radius 2 is 1.92 bits per heavy atom. The highest BCUT2D eigenvalue weighted by Crippen LogP contribution is 2.41. The molecule has 2 saturated heterocycles. The molecule has 0 aliphatic carbocycles. The zero-order valence-electron chi connectivity index (χ0n) is 22.2. The molecule has 8 heteroatoms. The molecule has 38 heavy (non-hydrogen) atoms. The van der Waals surface area contributed by atoms with Gasteiger partial charge in [-0.05, 0) is 54.8 Å². The van der Waals surface area contributed by atoms with Crippen molar-refractivity contribution in [3.63, 3.8) is 0 Å². The molecule has 3 aliphatic rings. The van der Waals surface area contributed by atoms with Crippen molar-refractivity contribution < 1.29 is 28.9 Å². The second-order valence-electron chi connectivity index (χ2n) is 10.2. The van der Waals surface area contributed by atoms with Crippen LogP contribution in [-0.2, 0) is 20.7 Å². The van der Waals surface area contributed by atoms with Crippen LogP contribution >= 0.6 is 0 Å². The molecule has 0 aromatic heterocycles. The van der Waals surface area contributed by atoms with Gasteiger partial charge in [0, 0.05) is 38.2 Å². The summed E-state index contributed by atoms with van der Waals surface area (Å²) in [4.78, 5) is 30.6. The predicted octanol–water partition coefficient (Wildman–Crippen LogP) is 3.94. The minimum absolute atomic E-state index is 0.0589. The number of unbranched alkanes of at least 4 members (excludes halogenated alkanes) is 1. The van der Waals surface area contributed by atoms with Crippen LogP contribution in [0.1, 0.15) is 49.4 Å². The van der Waals surface area contributed by atoms with Gasteiger partial charge in [0.15, 0.2) is 0 Å². The lowest BCUT2D eigenvalue weighted by Crippen LogP contribution is -2.42. The third-order valence-corrected chi connectivity index (χ3v) is 7.41. The quantitative estimate of drug-likeness (QED) is 0.232. The number of carbonyl (C=O) groups excluding carboxylic acids is 2. The highest BCUT2D eigenvalue weighted by atomic mass is 16.5. The summed E-state index contributed by atoms with van der Waals surface area (Å²) in [5.41, 5.74) is 2.33. The van der Waals surface area contributed by atoms with Gasteiger partial charge in [0.2, 0.25) is 0 Å². The van der Waals surface area contributed by atoms with E-state index in [1.165, 1.54) is 0 Å². The smallest absolute Gasteiger partial charge is 0.295 e. The van der Waals surface area contributed by atoms with E-state index in [0.29, 0.717) is 44.2 Å². The third kappa shape index (κ3) is 5.42. The van der Waals surface area contributed by atoms with E-state index in [1.54, 1.807) is 11.0 Å². The molecule has 0 spiro atoms. The highest BCUT2D eigenvalue weighted by Gasteiger charge is 2.46. The second kappa shape index (κ2) is 11.6. The number of benzene rings is 2. The molecule has 2 aromatic rings. The first-order chi connectivity index (χ1) is 18.5. The normalized spacial score (nSPS) is 22.9. The number of likely N-dealkylation sites (tertiary alicyclic amines) is 1. The number of carbonyl (C=O) groups is 2. The van der Waals surface area contributed by atoms with E-state index in [-0.39, 0.29) is 17.4 Å². The van der Waals surface area contributed by atoms with Crippen LogP contribution < -0.4 is 9.47 Å². The summed E-state index contributed by atoms with van der Waals surface area (Å²) in [7, 11) is 0. The highest BCUT2D eigenvalue weighted by molar-refractivity contribution is 6.46. The van der Waals surface area contributed by atoms with Crippen LogP contribution in [0.2, 0.25) is 0 Å². The van der Waals surface area contributed by atoms with Crippen LogP contribution in [0.3, 0.4) is 0 Å². The van der Waals surface area contributed by atoms with Crippen LogP contribution in [0, 0.1) is 0 Å². The van der Waals surface area contributed by atoms with Gasteiger partial charge in [0.05, 0.1) is 31.4 Å². The van der Waals surface area contributed by atoms with Crippen LogP contribution in [0.25, 0.3) is 5.76 Å². The van der Waals surface area contributed by atoms with Crippen molar-refractivity contribution in [2.45, 2.75) is 45.3 Å². The van der Waals surface area contributed by atoms with Gasteiger partial charge >= 0.3 is 0 Å². The molecule has 0 radical (unpaired) electrons. The van der Waals surface area contributed by atoms with E-state index in [1.807, 2.05) is 43.3 Å². The van der Waals surface area contributed by atoms with E-state index >= 15 is 0 Å². The molecule has 0 bridgehead atoms. The number of Topliss-reactive ketones (excluding diaryl/α,β-unsaturated/α-hetero) is 1. The standard InChI is InChI=1S/C30H36N2O6/c1-3-4-14-37-24-7-5-6-21(19-24)27-26(28(33)22-8-9-25-23(18-22)17-20(2)38-25)29(34)30(35)32(27)11-10-31-12-15-36-16-13-31/h5-9,18-20,27,33H,3-4,10-17H2,1-2H3/t20-,27+/m1/s1. The molecule has 0 unspecified atom stereocenters. The van der Waals surface area contributed by atoms with Crippen molar-refractivity contribution in [3.8, 4) is 11.5 Å². The van der Waals surface area contributed by atoms with Gasteiger partial charge < -0.3 is 24.2 Å². The molecule has 2 fully saturated rings. The van der Waals surface area contributed by atoms with Gasteiger partial charge in [-0.25, -0.2) is 0 Å². The van der Waals surface area contributed by atoms with E-state index in [2.05, 4.69) is 11.8 Å². The number of ketones is 1. The molecule has 1 amide bonds. The monoisotopic (exact) mass is 520 g/mol. The van der Waals surface area contributed by atoms with Crippen molar-refractivity contribution >= 4 is 17.4 Å². The maximum atomic E-state index is 13.4. The second-order valence-corrected chi connectivity index (χ2v) is 10.2. The number of rotatable bonds is 9. The van der Waals surface area contributed by atoms with Crippen LogP contribution in [0.5, 0.6) is 11.5 Å². The third-order valence-electron chi connectivity index (χ3n) is 7.41. The first-order valence-corrected chi connectivity index (χ1v) is 13.6. The minimum Gasteiger partial charge on any atom is -0.507 e. The summed E-state index contributed by atoms with van der Waals surface area (Å²) in [6.45, 7) is 8.54. The number of aliphatic hydroxyl groups excluding tert-OH is 1. The summed E-state index contributed by atoms with van der Waals surface area (Å²) < 4.78 is 17.2. The fourth-order valence-electron chi connectivity index (χ4n) is 5.36. The minimum atomic E-state index is -0.714. The fraction of sp³-hybridized carbons (Fsp3) is 0.467. The Bertz CT molecular complexity index is 1220. The molecular formula is C30H36N2O6. The molecule has 202 valence electrons. The first-order valence-electron chi connectivity index (χ1n) is 13.6. The van der Waals surface area contributed by atoms with Crippen molar-refractivity contribution in [1.82, 2.24) is 9.80 Å². The van der Waals surface area contributed by atoms with Crippen LogP contribution in [0.4, 0.5) is 0 Å². The molecular weight excluding hydrogens is 484 g/mol. The average Bonchev–Trinajstić information content (AvgIpc) is 3.43. The van der Waals surface area contributed by atoms with Crippen LogP contribution in [-0.4, -0.2) is 78.7 Å².